The van der Waals surface area contributed by atoms with Crippen LogP contribution < -0.4 is 9.47 Å². The van der Waals surface area contributed by atoms with Gasteiger partial charge in [-0.25, -0.2) is 0 Å². The maximum absolute atomic E-state index is 12.4. The summed E-state index contributed by atoms with van der Waals surface area (Å²) in [6.07, 6.45) is 10.8. The van der Waals surface area contributed by atoms with Gasteiger partial charge in [0.15, 0.2) is 0 Å². The first-order valence-corrected chi connectivity index (χ1v) is 10.3. The number of hydrogen-bond acceptors (Lipinski definition) is 3. The van der Waals surface area contributed by atoms with Crippen LogP contribution in [0.15, 0.2) is 24.3 Å². The van der Waals surface area contributed by atoms with Crippen LogP contribution in [0.25, 0.3) is 0 Å². The maximum Gasteiger partial charge on any atom is 0.387 e. The highest BCUT2D eigenvalue weighted by atomic mass is 19.3. The molecule has 2 saturated carbocycles. The Hall–Kier alpha value is -1.65. The Labute approximate surface area is 160 Å². The molecular formula is C22H30F2O3. The summed E-state index contributed by atoms with van der Waals surface area (Å²) in [7, 11) is 0. The molecule has 0 radical (unpaired) electrons. The standard InChI is InChI=1S/C22H30F2O3/c1-2-15-3-5-16(6-4-15)17-7-9-18(10-8-17)21(25)26-19-11-13-20(14-12-19)27-22(23)24/h11-18,22H,2-10H2,1H3. The third-order valence-electron chi connectivity index (χ3n) is 6.51. The van der Waals surface area contributed by atoms with Gasteiger partial charge in [0.2, 0.25) is 0 Å². The first kappa shape index (κ1) is 20.1. The van der Waals surface area contributed by atoms with Gasteiger partial charge in [0.25, 0.3) is 0 Å². The number of hydrogen-bond donors (Lipinski definition) is 0. The molecule has 27 heavy (non-hydrogen) atoms. The summed E-state index contributed by atoms with van der Waals surface area (Å²) >= 11 is 0. The number of carbonyl (C=O) groups is 1. The van der Waals surface area contributed by atoms with Crippen molar-refractivity contribution in [2.75, 3.05) is 0 Å². The molecule has 0 bridgehead atoms. The summed E-state index contributed by atoms with van der Waals surface area (Å²) in [4.78, 5) is 12.4. The smallest absolute Gasteiger partial charge is 0.387 e. The molecule has 3 nitrogen and oxygen atoms in total. The SMILES string of the molecule is CCC1CCC(C2CCC(C(=O)Oc3ccc(OC(F)F)cc3)CC2)CC1. The predicted octanol–water partition coefficient (Wildman–Crippen LogP) is 6.22. The van der Waals surface area contributed by atoms with Gasteiger partial charge in [-0.15, -0.1) is 0 Å². The molecule has 0 atom stereocenters. The lowest BCUT2D eigenvalue weighted by molar-refractivity contribution is -0.140. The van der Waals surface area contributed by atoms with Crippen molar-refractivity contribution in [1.29, 1.82) is 0 Å². The zero-order chi connectivity index (χ0) is 19.2. The van der Waals surface area contributed by atoms with Crippen LogP contribution in [0.4, 0.5) is 8.78 Å². The second kappa shape index (κ2) is 9.52. The molecule has 1 aromatic rings. The van der Waals surface area contributed by atoms with Crippen LogP contribution in [0.2, 0.25) is 0 Å². The average Bonchev–Trinajstić information content (AvgIpc) is 2.69. The van der Waals surface area contributed by atoms with E-state index >= 15 is 0 Å². The molecule has 0 aromatic heterocycles. The normalized spacial score (nSPS) is 28.7. The summed E-state index contributed by atoms with van der Waals surface area (Å²) in [5.74, 6) is 2.70. The van der Waals surface area contributed by atoms with Crippen LogP contribution in [-0.2, 0) is 4.79 Å². The van der Waals surface area contributed by atoms with Crippen molar-refractivity contribution in [3.8, 4) is 11.5 Å². The molecule has 0 N–H and O–H groups in total. The molecule has 2 fully saturated rings. The minimum atomic E-state index is -2.86. The van der Waals surface area contributed by atoms with E-state index in [0.29, 0.717) is 5.75 Å². The Morgan fingerprint density at radius 1 is 0.926 bits per heavy atom. The fourth-order valence-corrected chi connectivity index (χ4v) is 4.78. The summed E-state index contributed by atoms with van der Waals surface area (Å²) in [6, 6.07) is 5.76. The Bertz CT molecular complexity index is 586. The van der Waals surface area contributed by atoms with E-state index in [2.05, 4.69) is 11.7 Å². The Kier molecular flexibility index (Phi) is 7.08. The number of carbonyl (C=O) groups excluding carboxylic acids is 1. The van der Waals surface area contributed by atoms with E-state index in [1.165, 1.54) is 56.4 Å². The molecule has 0 spiro atoms. The van der Waals surface area contributed by atoms with E-state index in [-0.39, 0.29) is 17.6 Å². The highest BCUT2D eigenvalue weighted by molar-refractivity contribution is 5.75. The van der Waals surface area contributed by atoms with Crippen LogP contribution in [0.1, 0.15) is 64.7 Å². The van der Waals surface area contributed by atoms with E-state index in [4.69, 9.17) is 4.74 Å². The number of halogens is 2. The van der Waals surface area contributed by atoms with Gasteiger partial charge in [0.05, 0.1) is 5.92 Å². The van der Waals surface area contributed by atoms with Crippen molar-refractivity contribution in [2.45, 2.75) is 71.3 Å². The fourth-order valence-electron chi connectivity index (χ4n) is 4.78. The lowest BCUT2D eigenvalue weighted by Gasteiger charge is -2.37. The Morgan fingerprint density at radius 3 is 1.96 bits per heavy atom. The number of alkyl halides is 2. The monoisotopic (exact) mass is 380 g/mol. The first-order valence-electron chi connectivity index (χ1n) is 10.3. The second-order valence-corrected chi connectivity index (χ2v) is 8.07. The van der Waals surface area contributed by atoms with E-state index in [9.17, 15) is 13.6 Å². The second-order valence-electron chi connectivity index (χ2n) is 8.07. The van der Waals surface area contributed by atoms with Crippen molar-refractivity contribution in [3.63, 3.8) is 0 Å². The van der Waals surface area contributed by atoms with Gasteiger partial charge >= 0.3 is 12.6 Å². The molecular weight excluding hydrogens is 350 g/mol. The van der Waals surface area contributed by atoms with Gasteiger partial charge in [-0.05, 0) is 80.5 Å². The van der Waals surface area contributed by atoms with Crippen LogP contribution in [0.3, 0.4) is 0 Å². The van der Waals surface area contributed by atoms with Gasteiger partial charge in [0, 0.05) is 0 Å². The molecule has 0 aliphatic heterocycles. The molecule has 0 amide bonds. The molecule has 150 valence electrons. The van der Waals surface area contributed by atoms with Crippen molar-refractivity contribution in [3.05, 3.63) is 24.3 Å². The number of ether oxygens (including phenoxy) is 2. The Morgan fingerprint density at radius 2 is 1.44 bits per heavy atom. The highest BCUT2D eigenvalue weighted by Gasteiger charge is 2.33. The molecule has 2 aliphatic carbocycles. The largest absolute Gasteiger partial charge is 0.435 e. The van der Waals surface area contributed by atoms with Gasteiger partial charge in [-0.2, -0.15) is 8.78 Å². The quantitative estimate of drug-likeness (QED) is 0.434. The van der Waals surface area contributed by atoms with Gasteiger partial charge in [-0.1, -0.05) is 26.2 Å². The van der Waals surface area contributed by atoms with Crippen molar-refractivity contribution < 1.29 is 23.0 Å². The molecule has 0 heterocycles. The van der Waals surface area contributed by atoms with E-state index < -0.39 is 6.61 Å². The third kappa shape index (κ3) is 5.66. The summed E-state index contributed by atoms with van der Waals surface area (Å²) < 4.78 is 34.1. The molecule has 5 heteroatoms. The minimum absolute atomic E-state index is 0.0507. The number of benzene rings is 1. The molecule has 3 rings (SSSR count). The van der Waals surface area contributed by atoms with E-state index in [1.54, 1.807) is 0 Å². The Balaban J connectivity index is 1.43. The van der Waals surface area contributed by atoms with Gasteiger partial charge in [-0.3, -0.25) is 4.79 Å². The highest BCUT2D eigenvalue weighted by Crippen LogP contribution is 2.42. The zero-order valence-electron chi connectivity index (χ0n) is 16.0. The third-order valence-corrected chi connectivity index (χ3v) is 6.51. The van der Waals surface area contributed by atoms with Crippen molar-refractivity contribution >= 4 is 5.97 Å². The maximum atomic E-state index is 12.4. The molecule has 1 aromatic carbocycles. The summed E-state index contributed by atoms with van der Waals surface area (Å²) in [6.45, 7) is -0.563. The van der Waals surface area contributed by atoms with Crippen molar-refractivity contribution in [1.82, 2.24) is 0 Å². The van der Waals surface area contributed by atoms with Gasteiger partial charge < -0.3 is 9.47 Å². The minimum Gasteiger partial charge on any atom is -0.435 e. The fraction of sp³-hybridized carbons (Fsp3) is 0.682. The zero-order valence-corrected chi connectivity index (χ0v) is 16.0. The molecule has 0 saturated heterocycles. The molecule has 0 unspecified atom stereocenters. The van der Waals surface area contributed by atoms with Gasteiger partial charge in [0.1, 0.15) is 11.5 Å². The van der Waals surface area contributed by atoms with Crippen LogP contribution in [-0.4, -0.2) is 12.6 Å². The number of esters is 1. The van der Waals surface area contributed by atoms with Crippen LogP contribution >= 0.6 is 0 Å². The average molecular weight is 380 g/mol. The summed E-state index contributed by atoms with van der Waals surface area (Å²) in [5.41, 5.74) is 0. The lowest BCUT2D eigenvalue weighted by atomic mass is 9.69. The van der Waals surface area contributed by atoms with Crippen molar-refractivity contribution in [2.24, 2.45) is 23.7 Å². The van der Waals surface area contributed by atoms with Crippen LogP contribution in [0, 0.1) is 23.7 Å². The molecule has 2 aliphatic rings. The van der Waals surface area contributed by atoms with Crippen LogP contribution in [0.5, 0.6) is 11.5 Å². The lowest BCUT2D eigenvalue weighted by Crippen LogP contribution is -2.30. The first-order chi connectivity index (χ1) is 13.0. The number of rotatable bonds is 6. The van der Waals surface area contributed by atoms with E-state index in [0.717, 1.165) is 43.4 Å². The topological polar surface area (TPSA) is 35.5 Å². The summed E-state index contributed by atoms with van der Waals surface area (Å²) in [5, 5.41) is 0. The predicted molar refractivity (Wildman–Crippen MR) is 99.9 cm³/mol. The van der Waals surface area contributed by atoms with E-state index in [1.807, 2.05) is 0 Å².